The maximum absolute atomic E-state index is 11.9. The van der Waals surface area contributed by atoms with E-state index in [2.05, 4.69) is 27.9 Å². The van der Waals surface area contributed by atoms with Crippen LogP contribution in [0.4, 0.5) is 5.69 Å². The van der Waals surface area contributed by atoms with Gasteiger partial charge in [0, 0.05) is 19.8 Å². The lowest BCUT2D eigenvalue weighted by Crippen LogP contribution is -2.38. The Kier molecular flexibility index (Phi) is 4.19. The largest absolute Gasteiger partial charge is 0.480 e. The Morgan fingerprint density at radius 2 is 2.21 bits per heavy atom. The van der Waals surface area contributed by atoms with E-state index in [-0.39, 0.29) is 6.42 Å². The summed E-state index contributed by atoms with van der Waals surface area (Å²) < 4.78 is 5.58. The highest BCUT2D eigenvalue weighted by atomic mass is 127. The van der Waals surface area contributed by atoms with Gasteiger partial charge in [-0.1, -0.05) is 11.6 Å². The van der Waals surface area contributed by atoms with Gasteiger partial charge in [-0.2, -0.15) is 0 Å². The van der Waals surface area contributed by atoms with Gasteiger partial charge in [0.15, 0.2) is 0 Å². The highest BCUT2D eigenvalue weighted by molar-refractivity contribution is 14.1. The van der Waals surface area contributed by atoms with Crippen molar-refractivity contribution in [2.45, 2.75) is 18.4 Å². The van der Waals surface area contributed by atoms with Crippen molar-refractivity contribution in [3.63, 3.8) is 0 Å². The Labute approximate surface area is 128 Å². The first-order valence-corrected chi connectivity index (χ1v) is 6.95. The molecule has 5 nitrogen and oxygen atoms in total. The number of carboxylic acids is 1. The predicted octanol–water partition coefficient (Wildman–Crippen LogP) is 2.47. The summed E-state index contributed by atoms with van der Waals surface area (Å²) in [5, 5.41) is 12.5. The lowest BCUT2D eigenvalue weighted by atomic mass is 9.87. The molecule has 1 aliphatic heterocycles. The molecule has 0 fully saturated rings. The maximum atomic E-state index is 11.9. The number of methoxy groups -OCH3 is 1. The van der Waals surface area contributed by atoms with Gasteiger partial charge in [-0.25, -0.2) is 4.79 Å². The number of ether oxygens (including phenoxy) is 1. The lowest BCUT2D eigenvalue weighted by Gasteiger charge is -2.30. The van der Waals surface area contributed by atoms with Gasteiger partial charge in [0.1, 0.15) is 6.04 Å². The van der Waals surface area contributed by atoms with Crippen LogP contribution in [0.2, 0.25) is 5.02 Å². The summed E-state index contributed by atoms with van der Waals surface area (Å²) in [6.45, 7) is 0. The molecule has 0 saturated heterocycles. The van der Waals surface area contributed by atoms with E-state index >= 15 is 0 Å². The fourth-order valence-corrected chi connectivity index (χ4v) is 3.58. The Bertz CT molecular complexity index is 549. The van der Waals surface area contributed by atoms with Gasteiger partial charge in [0.25, 0.3) is 0 Å². The van der Waals surface area contributed by atoms with Crippen molar-refractivity contribution in [1.29, 1.82) is 0 Å². The summed E-state index contributed by atoms with van der Waals surface area (Å²) in [6, 6.07) is 2.54. The molecule has 102 valence electrons. The summed E-state index contributed by atoms with van der Waals surface area (Å²) in [6.07, 6.45) is 0.159. The summed E-state index contributed by atoms with van der Waals surface area (Å²) in [5.74, 6) is -2.03. The quantitative estimate of drug-likeness (QED) is 0.594. The number of nitrogens with one attached hydrogen (secondary N) is 1. The number of aliphatic carboxylic acids is 1. The van der Waals surface area contributed by atoms with Crippen LogP contribution in [0.5, 0.6) is 0 Å². The Morgan fingerprint density at radius 1 is 1.53 bits per heavy atom. The molecular formula is C12H11ClINO4. The van der Waals surface area contributed by atoms with Crippen molar-refractivity contribution >= 4 is 51.8 Å². The second kappa shape index (κ2) is 5.54. The molecule has 0 bridgehead atoms. The van der Waals surface area contributed by atoms with E-state index < -0.39 is 23.9 Å². The molecule has 0 saturated carbocycles. The van der Waals surface area contributed by atoms with Gasteiger partial charge in [-0.05, 0) is 41.1 Å². The van der Waals surface area contributed by atoms with Crippen LogP contribution in [-0.4, -0.2) is 30.2 Å². The first kappa shape index (κ1) is 14.4. The minimum atomic E-state index is -1.01. The van der Waals surface area contributed by atoms with Crippen LogP contribution in [0.3, 0.4) is 0 Å². The van der Waals surface area contributed by atoms with Crippen LogP contribution in [-0.2, 0) is 14.3 Å². The zero-order chi connectivity index (χ0) is 14.2. The minimum Gasteiger partial charge on any atom is -0.480 e. The highest BCUT2D eigenvalue weighted by Gasteiger charge is 2.36. The second-order valence-corrected chi connectivity index (χ2v) is 5.79. The Hall–Kier alpha value is -1.02. The first-order valence-electron chi connectivity index (χ1n) is 5.50. The molecule has 0 amide bonds. The smallest absolute Gasteiger partial charge is 0.326 e. The van der Waals surface area contributed by atoms with E-state index in [9.17, 15) is 9.59 Å². The number of benzene rings is 1. The minimum absolute atomic E-state index is 0.159. The van der Waals surface area contributed by atoms with Gasteiger partial charge in [-0.15, -0.1) is 0 Å². The fraction of sp³-hybridized carbons (Fsp3) is 0.333. The highest BCUT2D eigenvalue weighted by Crippen LogP contribution is 2.39. The maximum Gasteiger partial charge on any atom is 0.326 e. The number of fused-ring (bicyclic) bond motifs is 1. The molecule has 1 aromatic rings. The fourth-order valence-electron chi connectivity index (χ4n) is 2.18. The number of esters is 1. The predicted molar refractivity (Wildman–Crippen MR) is 78.6 cm³/mol. The van der Waals surface area contributed by atoms with Crippen molar-refractivity contribution in [3.8, 4) is 0 Å². The van der Waals surface area contributed by atoms with Crippen molar-refractivity contribution in [3.05, 3.63) is 26.3 Å². The van der Waals surface area contributed by atoms with Crippen molar-refractivity contribution in [2.75, 3.05) is 12.4 Å². The molecule has 1 aromatic carbocycles. The van der Waals surface area contributed by atoms with E-state index in [0.717, 1.165) is 9.13 Å². The van der Waals surface area contributed by atoms with Gasteiger partial charge >= 0.3 is 11.9 Å². The number of hydrogen-bond donors (Lipinski definition) is 2. The first-order chi connectivity index (χ1) is 8.93. The number of carboxylic acid groups (broad SMARTS) is 1. The average molecular weight is 396 g/mol. The molecule has 0 aromatic heterocycles. The molecule has 0 aliphatic carbocycles. The van der Waals surface area contributed by atoms with Crippen LogP contribution in [0.15, 0.2) is 12.1 Å². The van der Waals surface area contributed by atoms with Gasteiger partial charge in [-0.3, -0.25) is 4.79 Å². The third-order valence-electron chi connectivity index (χ3n) is 3.03. The third-order valence-corrected chi connectivity index (χ3v) is 4.14. The van der Waals surface area contributed by atoms with Crippen LogP contribution in [0, 0.1) is 3.57 Å². The van der Waals surface area contributed by atoms with Gasteiger partial charge < -0.3 is 15.2 Å². The van der Waals surface area contributed by atoms with E-state index in [1.807, 2.05) is 0 Å². The topological polar surface area (TPSA) is 75.6 Å². The van der Waals surface area contributed by atoms with Crippen molar-refractivity contribution < 1.29 is 19.4 Å². The lowest BCUT2D eigenvalue weighted by molar-refractivity contribution is -0.143. The molecular weight excluding hydrogens is 384 g/mol. The molecule has 0 unspecified atom stereocenters. The van der Waals surface area contributed by atoms with E-state index in [1.165, 1.54) is 7.11 Å². The van der Waals surface area contributed by atoms with Crippen LogP contribution >= 0.6 is 34.2 Å². The van der Waals surface area contributed by atoms with E-state index in [4.69, 9.17) is 21.4 Å². The zero-order valence-corrected chi connectivity index (χ0v) is 12.9. The van der Waals surface area contributed by atoms with Crippen LogP contribution in [0.1, 0.15) is 17.9 Å². The summed E-state index contributed by atoms with van der Waals surface area (Å²) in [4.78, 5) is 23.0. The normalized spacial score (nSPS) is 21.2. The molecule has 2 atom stereocenters. The molecule has 2 N–H and O–H groups in total. The molecule has 2 rings (SSSR count). The molecule has 1 heterocycles. The second-order valence-electron chi connectivity index (χ2n) is 4.20. The molecule has 0 radical (unpaired) electrons. The summed E-state index contributed by atoms with van der Waals surface area (Å²) >= 11 is 8.04. The summed E-state index contributed by atoms with van der Waals surface area (Å²) in [7, 11) is 1.29. The molecule has 0 spiro atoms. The van der Waals surface area contributed by atoms with Crippen molar-refractivity contribution in [2.24, 2.45) is 0 Å². The molecule has 1 aliphatic rings. The number of rotatable bonds is 2. The Balaban J connectivity index is 2.53. The van der Waals surface area contributed by atoms with Gasteiger partial charge in [0.2, 0.25) is 0 Å². The van der Waals surface area contributed by atoms with E-state index in [1.54, 1.807) is 12.1 Å². The van der Waals surface area contributed by atoms with Gasteiger partial charge in [0.05, 0.1) is 13.0 Å². The number of anilines is 1. The number of halogens is 2. The van der Waals surface area contributed by atoms with Crippen LogP contribution < -0.4 is 5.32 Å². The third kappa shape index (κ3) is 2.79. The Morgan fingerprint density at radius 3 is 2.79 bits per heavy atom. The standard InChI is InChI=1S/C12H11ClINO4/c1-19-12(18)6-4-9(11(16)17)15-8-3-5(13)2-7(14)10(6)8/h2-3,6,9,15H,4H2,1H3,(H,16,17)/t6-,9+/m0/s1. The van der Waals surface area contributed by atoms with Crippen molar-refractivity contribution in [1.82, 2.24) is 0 Å². The summed E-state index contributed by atoms with van der Waals surface area (Å²) in [5.41, 5.74) is 1.32. The molecule has 7 heteroatoms. The number of hydrogen-bond acceptors (Lipinski definition) is 4. The number of carbonyl (C=O) groups is 2. The zero-order valence-electron chi connectivity index (χ0n) is 9.94. The van der Waals surface area contributed by atoms with E-state index in [0.29, 0.717) is 10.7 Å². The SMILES string of the molecule is COC(=O)[C@H]1C[C@H](C(=O)O)Nc2cc(Cl)cc(I)c21. The molecule has 19 heavy (non-hydrogen) atoms. The average Bonchev–Trinajstić information content (AvgIpc) is 2.35. The number of carbonyl (C=O) groups excluding carboxylic acids is 1. The monoisotopic (exact) mass is 395 g/mol. The van der Waals surface area contributed by atoms with Crippen LogP contribution in [0.25, 0.3) is 0 Å².